The summed E-state index contributed by atoms with van der Waals surface area (Å²) in [5.41, 5.74) is 2.31. The molecule has 0 aromatic carbocycles. The summed E-state index contributed by atoms with van der Waals surface area (Å²) in [6.45, 7) is 9.50. The zero-order valence-corrected chi connectivity index (χ0v) is 5.29. The first-order valence-electron chi connectivity index (χ1n) is 2.28. The fraction of sp³-hybridized carbons (Fsp3) is 0.143. The lowest BCUT2D eigenvalue weighted by molar-refractivity contribution is -0.131. The van der Waals surface area contributed by atoms with Crippen molar-refractivity contribution in [1.29, 1.82) is 0 Å². The Hall–Kier alpha value is -1.27. The van der Waals surface area contributed by atoms with Gasteiger partial charge >= 0.3 is 5.97 Å². The van der Waals surface area contributed by atoms with E-state index in [2.05, 4.69) is 12.3 Å². The first kappa shape index (κ1) is 10.7. The average Bonchev–Trinajstić information content (AvgIpc) is 1.89. The minimum Gasteiger partial charge on any atom is -0.478 e. The highest BCUT2D eigenvalue weighted by Gasteiger charge is 1.73. The first-order valence-corrected chi connectivity index (χ1v) is 2.28. The second-order valence-corrected chi connectivity index (χ2v) is 0.998. The molecule has 0 spiro atoms. The molecule has 2 nitrogen and oxygen atoms in total. The zero-order valence-electron chi connectivity index (χ0n) is 5.29. The van der Waals surface area contributed by atoms with Gasteiger partial charge in [-0.25, -0.2) is 4.79 Å². The molecule has 1 N–H and O–H groups in total. The Morgan fingerprint density at radius 2 is 2.11 bits per heavy atom. The molecular formula is C7H9O2. The minimum absolute atomic E-state index is 0.833. The molecule has 0 saturated carbocycles. The molecule has 1 radical (unpaired) electrons. The maximum atomic E-state index is 9.25. The molecule has 9 heavy (non-hydrogen) atoms. The highest BCUT2D eigenvalue weighted by atomic mass is 16.4. The summed E-state index contributed by atoms with van der Waals surface area (Å²) in [5.74, 6) is -0.981. The van der Waals surface area contributed by atoms with Gasteiger partial charge in [-0.2, -0.15) is 0 Å². The summed E-state index contributed by atoms with van der Waals surface area (Å²) in [7, 11) is 0. The van der Waals surface area contributed by atoms with Gasteiger partial charge in [0.2, 0.25) is 0 Å². The van der Waals surface area contributed by atoms with Crippen LogP contribution >= 0.6 is 0 Å². The Labute approximate surface area is 54.8 Å². The lowest BCUT2D eigenvalue weighted by Crippen LogP contribution is -1.82. The van der Waals surface area contributed by atoms with Crippen LogP contribution in [0.15, 0.2) is 24.5 Å². The molecule has 0 unspecified atom stereocenters. The summed E-state index contributed by atoms with van der Waals surface area (Å²) in [5, 5.41) is 7.60. The van der Waals surface area contributed by atoms with Crippen LogP contribution in [0.2, 0.25) is 0 Å². The standard InChI is InChI=1S/C4H5.C3H4O2/c1-3-4-2;1-2-3(4)5/h1,4H,2H3;2H,1H2,(H,4,5). The normalized spacial score (nSPS) is 5.44. The summed E-state index contributed by atoms with van der Waals surface area (Å²) < 4.78 is 0. The van der Waals surface area contributed by atoms with Crippen molar-refractivity contribution in [2.75, 3.05) is 0 Å². The molecule has 0 saturated heterocycles. The van der Waals surface area contributed by atoms with Gasteiger partial charge in [-0.3, -0.25) is 0 Å². The van der Waals surface area contributed by atoms with Crippen molar-refractivity contribution >= 4 is 5.97 Å². The number of carboxylic acids is 1. The highest BCUT2D eigenvalue weighted by molar-refractivity contribution is 5.78. The number of rotatable bonds is 1. The lowest BCUT2D eigenvalue weighted by Gasteiger charge is -1.64. The molecule has 0 bridgehead atoms. The molecule has 0 aliphatic heterocycles. The van der Waals surface area contributed by atoms with E-state index in [1.165, 1.54) is 0 Å². The first-order chi connectivity index (χ1) is 4.18. The van der Waals surface area contributed by atoms with E-state index in [1.807, 2.05) is 6.92 Å². The van der Waals surface area contributed by atoms with Gasteiger partial charge in [0.25, 0.3) is 0 Å². The summed E-state index contributed by atoms with van der Waals surface area (Å²) in [6, 6.07) is 0. The van der Waals surface area contributed by atoms with Crippen molar-refractivity contribution in [3.8, 4) is 0 Å². The van der Waals surface area contributed by atoms with Crippen LogP contribution in [-0.4, -0.2) is 11.1 Å². The predicted octanol–water partition coefficient (Wildman–Crippen LogP) is 1.41. The van der Waals surface area contributed by atoms with Gasteiger partial charge in [0.1, 0.15) is 0 Å². The van der Waals surface area contributed by atoms with Crippen LogP contribution in [0.25, 0.3) is 0 Å². The molecule has 2 heteroatoms. The maximum Gasteiger partial charge on any atom is 0.327 e. The van der Waals surface area contributed by atoms with Gasteiger partial charge in [0.05, 0.1) is 0 Å². The third-order valence-electron chi connectivity index (χ3n) is 0.341. The predicted molar refractivity (Wildman–Crippen MR) is 35.9 cm³/mol. The number of aliphatic carboxylic acids is 1. The van der Waals surface area contributed by atoms with Crippen LogP contribution < -0.4 is 0 Å². The van der Waals surface area contributed by atoms with Gasteiger partial charge in [-0.15, -0.1) is 5.73 Å². The fourth-order valence-corrected chi connectivity index (χ4v) is 0. The second-order valence-electron chi connectivity index (χ2n) is 0.998. The van der Waals surface area contributed by atoms with E-state index in [9.17, 15) is 4.79 Å². The highest BCUT2D eigenvalue weighted by Crippen LogP contribution is 1.54. The largest absolute Gasteiger partial charge is 0.478 e. The van der Waals surface area contributed by atoms with Crippen molar-refractivity contribution in [1.82, 2.24) is 0 Å². The average molecular weight is 125 g/mol. The zero-order chi connectivity index (χ0) is 7.70. The molecular weight excluding hydrogens is 116 g/mol. The molecule has 49 valence electrons. The number of carboxylic acid groups (broad SMARTS) is 1. The molecule has 0 rings (SSSR count). The summed E-state index contributed by atoms with van der Waals surface area (Å²) in [4.78, 5) is 9.25. The Bertz CT molecular complexity index is 130. The number of carbonyl (C=O) groups is 1. The van der Waals surface area contributed by atoms with Crippen LogP contribution in [0.4, 0.5) is 0 Å². The van der Waals surface area contributed by atoms with Crippen molar-refractivity contribution in [2.24, 2.45) is 0 Å². The smallest absolute Gasteiger partial charge is 0.327 e. The van der Waals surface area contributed by atoms with Crippen molar-refractivity contribution < 1.29 is 9.90 Å². The van der Waals surface area contributed by atoms with Gasteiger partial charge in [0.15, 0.2) is 0 Å². The number of hydrogen-bond donors (Lipinski definition) is 1. The van der Waals surface area contributed by atoms with E-state index in [1.54, 1.807) is 6.08 Å². The molecule has 0 aromatic heterocycles. The lowest BCUT2D eigenvalue weighted by atomic mass is 10.7. The van der Waals surface area contributed by atoms with Gasteiger partial charge in [-0.05, 0) is 19.6 Å². The number of hydrogen-bond acceptors (Lipinski definition) is 1. The van der Waals surface area contributed by atoms with E-state index in [4.69, 9.17) is 11.7 Å². The quantitative estimate of drug-likeness (QED) is 0.425. The third kappa shape index (κ3) is 50.3. The Morgan fingerprint density at radius 3 is 2.11 bits per heavy atom. The van der Waals surface area contributed by atoms with E-state index in [-0.39, 0.29) is 0 Å². The van der Waals surface area contributed by atoms with Crippen LogP contribution in [0.5, 0.6) is 0 Å². The minimum atomic E-state index is -0.981. The third-order valence-corrected chi connectivity index (χ3v) is 0.341. The Balaban J connectivity index is 0. The molecule has 0 aliphatic rings. The van der Waals surface area contributed by atoms with Gasteiger partial charge < -0.3 is 5.11 Å². The Morgan fingerprint density at radius 1 is 1.89 bits per heavy atom. The maximum absolute atomic E-state index is 9.25. The van der Waals surface area contributed by atoms with Crippen LogP contribution in [0.3, 0.4) is 0 Å². The van der Waals surface area contributed by atoms with Crippen molar-refractivity contribution in [3.63, 3.8) is 0 Å². The van der Waals surface area contributed by atoms with E-state index in [0.29, 0.717) is 0 Å². The fourth-order valence-electron chi connectivity index (χ4n) is 0. The molecule has 0 aliphatic carbocycles. The molecule has 0 aromatic rings. The Kier molecular flexibility index (Phi) is 11.7. The summed E-state index contributed by atoms with van der Waals surface area (Å²) >= 11 is 0. The topological polar surface area (TPSA) is 37.3 Å². The molecule has 0 fully saturated rings. The molecule has 0 amide bonds. The van der Waals surface area contributed by atoms with Crippen molar-refractivity contribution in [3.05, 3.63) is 31.0 Å². The van der Waals surface area contributed by atoms with Crippen LogP contribution in [0.1, 0.15) is 6.92 Å². The van der Waals surface area contributed by atoms with Crippen LogP contribution in [0, 0.1) is 6.58 Å². The summed E-state index contributed by atoms with van der Waals surface area (Å²) in [6.07, 6.45) is 2.49. The van der Waals surface area contributed by atoms with Crippen LogP contribution in [-0.2, 0) is 4.79 Å². The van der Waals surface area contributed by atoms with Gasteiger partial charge in [-0.1, -0.05) is 6.58 Å². The van der Waals surface area contributed by atoms with Crippen molar-refractivity contribution in [2.45, 2.75) is 6.92 Å². The van der Waals surface area contributed by atoms with E-state index >= 15 is 0 Å². The molecule has 0 atom stereocenters. The van der Waals surface area contributed by atoms with E-state index < -0.39 is 5.97 Å². The monoisotopic (exact) mass is 125 g/mol. The van der Waals surface area contributed by atoms with Gasteiger partial charge in [0, 0.05) is 6.08 Å². The second kappa shape index (κ2) is 9.88. The van der Waals surface area contributed by atoms with E-state index in [0.717, 1.165) is 6.08 Å². The number of allylic oxidation sites excluding steroid dienone is 1. The molecule has 0 heterocycles. The SMILES string of the molecule is C=CC(=O)O.[CH]=C=CC.